The number of hydrogen-bond donors (Lipinski definition) is 2. The predicted molar refractivity (Wildman–Crippen MR) is 67.9 cm³/mol. The Balaban J connectivity index is -0.000000167. The van der Waals surface area contributed by atoms with E-state index in [2.05, 4.69) is 0 Å². The Labute approximate surface area is 104 Å². The summed E-state index contributed by atoms with van der Waals surface area (Å²) in [5.74, 6) is 0. The van der Waals surface area contributed by atoms with Gasteiger partial charge in [-0.1, -0.05) is 0 Å². The van der Waals surface area contributed by atoms with Gasteiger partial charge in [0.15, 0.2) is 0 Å². The highest BCUT2D eigenvalue weighted by molar-refractivity contribution is 8.93. The van der Waals surface area contributed by atoms with Crippen molar-refractivity contribution in [3.05, 3.63) is 0 Å². The van der Waals surface area contributed by atoms with Crippen LogP contribution < -0.4 is 11.9 Å². The van der Waals surface area contributed by atoms with Crippen LogP contribution in [0.3, 0.4) is 0 Å². The molecule has 5 nitrogen and oxygen atoms in total. The fourth-order valence-electron chi connectivity index (χ4n) is 0.875. The van der Waals surface area contributed by atoms with Crippen molar-refractivity contribution in [2.75, 3.05) is 27.9 Å². The van der Waals surface area contributed by atoms with Gasteiger partial charge in [-0.15, -0.1) is 29.4 Å². The minimum absolute atomic E-state index is 0. The lowest BCUT2D eigenvalue weighted by molar-refractivity contribution is 0.123. The van der Waals surface area contributed by atoms with E-state index in [0.717, 1.165) is 12.5 Å². The minimum Gasteiger partial charge on any atom is -0.377 e. The van der Waals surface area contributed by atoms with E-state index >= 15 is 0 Å². The van der Waals surface area contributed by atoms with Crippen LogP contribution in [0.1, 0.15) is 6.42 Å². The molecule has 0 aromatic heterocycles. The standard InChI is InChI=1S/C6H17NO3Si.BrH.ClH.H3N/c1-8-11(9-2,10-3)6-4-5-7;;;/h4-7H2,1-3H3;2*1H;1H3. The average molecular weight is 314 g/mol. The molecular formula is C6H22BrClN2O3Si. The first-order chi connectivity index (χ1) is 5.24. The molecule has 0 amide bonds. The maximum atomic E-state index is 5.36. The van der Waals surface area contributed by atoms with Gasteiger partial charge in [-0.3, -0.25) is 0 Å². The van der Waals surface area contributed by atoms with Crippen molar-refractivity contribution in [2.24, 2.45) is 5.73 Å². The van der Waals surface area contributed by atoms with E-state index < -0.39 is 8.80 Å². The summed E-state index contributed by atoms with van der Waals surface area (Å²) >= 11 is 0. The zero-order valence-corrected chi connectivity index (χ0v) is 12.5. The summed E-state index contributed by atoms with van der Waals surface area (Å²) in [6.45, 7) is 0.644. The third kappa shape index (κ3) is 8.12. The Morgan fingerprint density at radius 2 is 1.43 bits per heavy atom. The summed E-state index contributed by atoms with van der Waals surface area (Å²) in [6.07, 6.45) is 0.877. The summed E-state index contributed by atoms with van der Waals surface area (Å²) < 4.78 is 15.5. The van der Waals surface area contributed by atoms with E-state index in [0.29, 0.717) is 6.54 Å². The second-order valence-electron chi connectivity index (χ2n) is 2.19. The zero-order chi connectivity index (χ0) is 8.74. The fourth-order valence-corrected chi connectivity index (χ4v) is 2.62. The highest BCUT2D eigenvalue weighted by Crippen LogP contribution is 2.13. The lowest BCUT2D eigenvalue weighted by Gasteiger charge is -2.23. The monoisotopic (exact) mass is 312 g/mol. The predicted octanol–water partition coefficient (Wildman–Crippen LogP) is 1.38. The van der Waals surface area contributed by atoms with Gasteiger partial charge >= 0.3 is 8.80 Å². The molecule has 0 aliphatic carbocycles. The zero-order valence-electron chi connectivity index (χ0n) is 8.95. The molecule has 5 N–H and O–H groups in total. The molecule has 0 heterocycles. The van der Waals surface area contributed by atoms with Gasteiger partial charge < -0.3 is 25.2 Å². The normalized spacial score (nSPS) is 9.43. The van der Waals surface area contributed by atoms with E-state index in [4.69, 9.17) is 19.0 Å². The summed E-state index contributed by atoms with van der Waals surface area (Å²) in [5.41, 5.74) is 5.36. The van der Waals surface area contributed by atoms with Crippen LogP contribution in [0, 0.1) is 0 Å². The van der Waals surface area contributed by atoms with E-state index in [1.165, 1.54) is 0 Å². The van der Waals surface area contributed by atoms with Crippen molar-refractivity contribution < 1.29 is 13.3 Å². The Morgan fingerprint density at radius 3 is 1.64 bits per heavy atom. The van der Waals surface area contributed by atoms with Crippen LogP contribution in [-0.4, -0.2) is 36.7 Å². The Kier molecular flexibility index (Phi) is 23.8. The van der Waals surface area contributed by atoms with Gasteiger partial charge in [0.25, 0.3) is 0 Å². The van der Waals surface area contributed by atoms with Crippen LogP contribution in [0.2, 0.25) is 6.04 Å². The lowest BCUT2D eigenvalue weighted by atomic mass is 10.5. The number of nitrogens with two attached hydrogens (primary N) is 1. The van der Waals surface area contributed by atoms with Crippen molar-refractivity contribution in [1.29, 1.82) is 0 Å². The second kappa shape index (κ2) is 13.8. The quantitative estimate of drug-likeness (QED) is 0.723. The third-order valence-corrected chi connectivity index (χ3v) is 4.45. The lowest BCUT2D eigenvalue weighted by Crippen LogP contribution is -2.42. The number of halogens is 2. The second-order valence-corrected chi connectivity index (χ2v) is 5.28. The van der Waals surface area contributed by atoms with Crippen LogP contribution in [0.4, 0.5) is 0 Å². The molecule has 0 aliphatic heterocycles. The van der Waals surface area contributed by atoms with Gasteiger partial charge in [0.1, 0.15) is 0 Å². The van der Waals surface area contributed by atoms with Gasteiger partial charge in [0.2, 0.25) is 0 Å². The van der Waals surface area contributed by atoms with Crippen LogP contribution in [-0.2, 0) is 13.3 Å². The summed E-state index contributed by atoms with van der Waals surface area (Å²) in [6, 6.07) is 0.785. The van der Waals surface area contributed by atoms with Crippen LogP contribution in [0.5, 0.6) is 0 Å². The summed E-state index contributed by atoms with van der Waals surface area (Å²) in [4.78, 5) is 0. The molecule has 0 aliphatic rings. The van der Waals surface area contributed by atoms with Gasteiger partial charge in [-0.25, -0.2) is 0 Å². The molecular weight excluding hydrogens is 292 g/mol. The summed E-state index contributed by atoms with van der Waals surface area (Å²) in [7, 11) is 2.50. The van der Waals surface area contributed by atoms with E-state index in [-0.39, 0.29) is 35.5 Å². The van der Waals surface area contributed by atoms with Gasteiger partial charge in [0, 0.05) is 27.4 Å². The van der Waals surface area contributed by atoms with Crippen molar-refractivity contribution in [2.45, 2.75) is 12.5 Å². The van der Waals surface area contributed by atoms with Crippen molar-refractivity contribution in [3.8, 4) is 0 Å². The molecule has 14 heavy (non-hydrogen) atoms. The van der Waals surface area contributed by atoms with E-state index in [9.17, 15) is 0 Å². The van der Waals surface area contributed by atoms with Crippen LogP contribution in [0.25, 0.3) is 0 Å². The maximum Gasteiger partial charge on any atom is 0.500 e. The molecule has 0 rings (SSSR count). The highest BCUT2D eigenvalue weighted by Gasteiger charge is 2.36. The smallest absolute Gasteiger partial charge is 0.377 e. The Hall–Kier alpha value is 0.787. The van der Waals surface area contributed by atoms with Gasteiger partial charge in [-0.05, 0) is 13.0 Å². The Bertz CT molecular complexity index is 103. The number of hydrogen-bond acceptors (Lipinski definition) is 5. The number of rotatable bonds is 6. The molecule has 8 heteroatoms. The molecule has 0 saturated heterocycles. The topological polar surface area (TPSA) is 88.7 Å². The minimum atomic E-state index is -2.32. The largest absolute Gasteiger partial charge is 0.500 e. The molecule has 0 unspecified atom stereocenters. The Morgan fingerprint density at radius 1 is 1.07 bits per heavy atom. The van der Waals surface area contributed by atoms with Gasteiger partial charge in [0.05, 0.1) is 0 Å². The summed E-state index contributed by atoms with van der Waals surface area (Å²) in [5, 5.41) is 0. The van der Waals surface area contributed by atoms with E-state index in [1.54, 1.807) is 21.3 Å². The first kappa shape index (κ1) is 24.2. The molecule has 0 radical (unpaired) electrons. The third-order valence-electron chi connectivity index (χ3n) is 1.62. The fraction of sp³-hybridized carbons (Fsp3) is 1.00. The van der Waals surface area contributed by atoms with E-state index in [1.807, 2.05) is 0 Å². The average Bonchev–Trinajstić information content (AvgIpc) is 2.08. The van der Waals surface area contributed by atoms with Crippen molar-refractivity contribution >= 4 is 38.2 Å². The molecule has 0 spiro atoms. The first-order valence-electron chi connectivity index (χ1n) is 3.60. The van der Waals surface area contributed by atoms with Crippen molar-refractivity contribution in [1.82, 2.24) is 6.15 Å². The molecule has 0 aromatic carbocycles. The van der Waals surface area contributed by atoms with Crippen LogP contribution >= 0.6 is 29.4 Å². The van der Waals surface area contributed by atoms with Gasteiger partial charge in [-0.2, -0.15) is 0 Å². The van der Waals surface area contributed by atoms with Crippen molar-refractivity contribution in [3.63, 3.8) is 0 Å². The molecule has 0 saturated carbocycles. The van der Waals surface area contributed by atoms with Crippen LogP contribution in [0.15, 0.2) is 0 Å². The molecule has 0 bridgehead atoms. The molecule has 0 aromatic rings. The SMILES string of the molecule is Br.CO[Si](CCCN)(OC)OC.Cl.N. The molecule has 92 valence electrons. The maximum absolute atomic E-state index is 5.36. The first-order valence-corrected chi connectivity index (χ1v) is 5.53. The highest BCUT2D eigenvalue weighted by atomic mass is 79.9. The molecule has 0 atom stereocenters. The molecule has 0 fully saturated rings.